The van der Waals surface area contributed by atoms with Crippen LogP contribution in [0.1, 0.15) is 32.1 Å². The molecule has 1 rings (SSSR count). The Labute approximate surface area is 105 Å². The van der Waals surface area contributed by atoms with Crippen molar-refractivity contribution < 1.29 is 30.0 Å². The summed E-state index contributed by atoms with van der Waals surface area (Å²) in [5, 5.41) is 32.3. The molecule has 0 heterocycles. The number of carboxylic acid groups (broad SMARTS) is 2. The molecule has 6 heteroatoms. The molecule has 0 saturated carbocycles. The molecule has 1 aromatic rings. The molecule has 0 aliphatic heterocycles. The van der Waals surface area contributed by atoms with Gasteiger partial charge in [-0.3, -0.25) is 9.59 Å². The van der Waals surface area contributed by atoms with Crippen LogP contribution in [0.3, 0.4) is 0 Å². The Hall–Kier alpha value is -1.92. The van der Waals surface area contributed by atoms with Crippen molar-refractivity contribution in [2.24, 2.45) is 0 Å². The van der Waals surface area contributed by atoms with Gasteiger partial charge in [0.05, 0.1) is 0 Å². The predicted molar refractivity (Wildman–Crippen MR) is 64.9 cm³/mol. The monoisotopic (exact) mass is 258 g/mol. The Bertz CT molecular complexity index is 330. The third-order valence-electron chi connectivity index (χ3n) is 1.40. The maximum atomic E-state index is 9.37. The largest absolute Gasteiger partial charge is 0.481 e. The van der Waals surface area contributed by atoms with Gasteiger partial charge in [-0.2, -0.15) is 0 Å². The number of hydrogen-bond acceptors (Lipinski definition) is 4. The summed E-state index contributed by atoms with van der Waals surface area (Å²) >= 11 is 0. The second kappa shape index (κ2) is 11.6. The summed E-state index contributed by atoms with van der Waals surface area (Å²) in [6.07, 6.45) is -1.12. The standard InChI is InChI=1S/C7H8O2.C3H6O2.C2H4O2/c8-7(9)6-4-2-1-3-5-6;1-2-3(4)5;1-2(3)4/h1-5,7-9H;2H2,1H3,(H,4,5);1H3,(H,3,4). The Morgan fingerprint density at radius 2 is 1.44 bits per heavy atom. The molecular weight excluding hydrogens is 240 g/mol. The summed E-state index contributed by atoms with van der Waals surface area (Å²) in [6.45, 7) is 2.68. The lowest BCUT2D eigenvalue weighted by Gasteiger charge is -1.99. The molecule has 0 saturated heterocycles. The third kappa shape index (κ3) is 16.5. The van der Waals surface area contributed by atoms with Crippen molar-refractivity contribution in [2.45, 2.75) is 26.6 Å². The maximum absolute atomic E-state index is 9.37. The van der Waals surface area contributed by atoms with E-state index in [0.717, 1.165) is 6.92 Å². The molecule has 102 valence electrons. The second-order valence-electron chi connectivity index (χ2n) is 3.05. The Morgan fingerprint density at radius 1 is 1.11 bits per heavy atom. The van der Waals surface area contributed by atoms with Gasteiger partial charge in [-0.05, 0) is 0 Å². The second-order valence-corrected chi connectivity index (χ2v) is 3.05. The van der Waals surface area contributed by atoms with Crippen LogP contribution in [0, 0.1) is 0 Å². The zero-order valence-electron chi connectivity index (χ0n) is 10.3. The first-order chi connectivity index (χ1) is 8.31. The predicted octanol–water partition coefficient (Wildman–Crippen LogP) is 1.24. The van der Waals surface area contributed by atoms with Crippen LogP contribution in [0.4, 0.5) is 0 Å². The van der Waals surface area contributed by atoms with Crippen molar-refractivity contribution in [3.63, 3.8) is 0 Å². The van der Waals surface area contributed by atoms with Gasteiger partial charge in [0.2, 0.25) is 0 Å². The normalized spacial score (nSPS) is 8.50. The highest BCUT2D eigenvalue weighted by Crippen LogP contribution is 2.06. The number of carbonyl (C=O) groups is 2. The Balaban J connectivity index is 0. The fraction of sp³-hybridized carbons (Fsp3) is 0.333. The molecule has 0 unspecified atom stereocenters. The number of rotatable bonds is 2. The lowest BCUT2D eigenvalue weighted by Crippen LogP contribution is -1.92. The van der Waals surface area contributed by atoms with Crippen LogP contribution < -0.4 is 0 Å². The van der Waals surface area contributed by atoms with Crippen LogP contribution >= 0.6 is 0 Å². The first kappa shape index (κ1) is 18.4. The average molecular weight is 258 g/mol. The molecule has 0 bridgehead atoms. The highest BCUT2D eigenvalue weighted by Gasteiger charge is 1.97. The van der Waals surface area contributed by atoms with Crippen LogP contribution in [-0.2, 0) is 9.59 Å². The molecule has 0 spiro atoms. The number of hydrogen-bond donors (Lipinski definition) is 4. The van der Waals surface area contributed by atoms with E-state index in [1.165, 1.54) is 0 Å². The van der Waals surface area contributed by atoms with Gasteiger partial charge < -0.3 is 20.4 Å². The minimum Gasteiger partial charge on any atom is -0.481 e. The topological polar surface area (TPSA) is 115 Å². The lowest BCUT2D eigenvalue weighted by molar-refractivity contribution is -0.137. The Kier molecular flexibility index (Phi) is 11.8. The van der Waals surface area contributed by atoms with Gasteiger partial charge in [0.25, 0.3) is 5.97 Å². The van der Waals surface area contributed by atoms with Crippen molar-refractivity contribution in [2.75, 3.05) is 0 Å². The highest BCUT2D eigenvalue weighted by atomic mass is 16.5. The van der Waals surface area contributed by atoms with Gasteiger partial charge in [0.15, 0.2) is 6.29 Å². The first-order valence-electron chi connectivity index (χ1n) is 5.13. The van der Waals surface area contributed by atoms with Crippen LogP contribution in [0.2, 0.25) is 0 Å². The van der Waals surface area contributed by atoms with E-state index in [2.05, 4.69) is 0 Å². The van der Waals surface area contributed by atoms with Gasteiger partial charge in [-0.15, -0.1) is 0 Å². The summed E-state index contributed by atoms with van der Waals surface area (Å²) in [5.74, 6) is -1.58. The quantitative estimate of drug-likeness (QED) is 0.593. The molecule has 0 aromatic heterocycles. The number of aliphatic carboxylic acids is 2. The lowest BCUT2D eigenvalue weighted by atomic mass is 10.2. The molecule has 1 aromatic carbocycles. The van der Waals surface area contributed by atoms with E-state index in [1.807, 2.05) is 6.07 Å². The van der Waals surface area contributed by atoms with E-state index >= 15 is 0 Å². The van der Waals surface area contributed by atoms with Crippen molar-refractivity contribution >= 4 is 11.9 Å². The molecule has 18 heavy (non-hydrogen) atoms. The molecule has 0 aliphatic rings. The van der Waals surface area contributed by atoms with Crippen molar-refractivity contribution in [1.82, 2.24) is 0 Å². The Morgan fingerprint density at radius 3 is 1.61 bits per heavy atom. The molecule has 0 atom stereocenters. The summed E-state index contributed by atoms with van der Waals surface area (Å²) in [6, 6.07) is 8.66. The molecule has 0 fully saturated rings. The molecule has 0 radical (unpaired) electrons. The SMILES string of the molecule is CC(=O)O.CCC(=O)O.OC(O)c1ccccc1. The summed E-state index contributed by atoms with van der Waals surface area (Å²) in [5.41, 5.74) is 0.525. The molecular formula is C12H18O6. The molecule has 0 amide bonds. The van der Waals surface area contributed by atoms with E-state index in [4.69, 9.17) is 25.2 Å². The molecule has 4 N–H and O–H groups in total. The van der Waals surface area contributed by atoms with E-state index < -0.39 is 18.2 Å². The van der Waals surface area contributed by atoms with Gasteiger partial charge in [-0.1, -0.05) is 37.3 Å². The number of benzene rings is 1. The smallest absolute Gasteiger partial charge is 0.303 e. The highest BCUT2D eigenvalue weighted by molar-refractivity contribution is 5.66. The van der Waals surface area contributed by atoms with Gasteiger partial charge in [-0.25, -0.2) is 0 Å². The summed E-state index contributed by atoms with van der Waals surface area (Å²) in [4.78, 5) is 18.4. The zero-order chi connectivity index (χ0) is 14.6. The van der Waals surface area contributed by atoms with E-state index in [9.17, 15) is 4.79 Å². The van der Waals surface area contributed by atoms with E-state index in [1.54, 1.807) is 31.2 Å². The van der Waals surface area contributed by atoms with Crippen LogP contribution in [0.25, 0.3) is 0 Å². The number of carboxylic acids is 2. The molecule has 0 aliphatic carbocycles. The first-order valence-corrected chi connectivity index (χ1v) is 5.13. The van der Waals surface area contributed by atoms with Crippen molar-refractivity contribution in [3.05, 3.63) is 35.9 Å². The molecule has 6 nitrogen and oxygen atoms in total. The maximum Gasteiger partial charge on any atom is 0.303 e. The summed E-state index contributed by atoms with van der Waals surface area (Å²) in [7, 11) is 0. The van der Waals surface area contributed by atoms with Gasteiger partial charge in [0, 0.05) is 18.9 Å². The van der Waals surface area contributed by atoms with Crippen LogP contribution in [0.5, 0.6) is 0 Å². The van der Waals surface area contributed by atoms with Crippen molar-refractivity contribution in [3.8, 4) is 0 Å². The minimum atomic E-state index is -1.34. The van der Waals surface area contributed by atoms with E-state index in [-0.39, 0.29) is 6.42 Å². The average Bonchev–Trinajstić information content (AvgIpc) is 2.30. The van der Waals surface area contributed by atoms with Crippen LogP contribution in [0.15, 0.2) is 30.3 Å². The minimum absolute atomic E-state index is 0.222. The van der Waals surface area contributed by atoms with E-state index in [0.29, 0.717) is 5.56 Å². The fourth-order valence-corrected chi connectivity index (χ4v) is 0.625. The van der Waals surface area contributed by atoms with Gasteiger partial charge >= 0.3 is 5.97 Å². The van der Waals surface area contributed by atoms with Crippen LogP contribution in [-0.4, -0.2) is 32.4 Å². The third-order valence-corrected chi connectivity index (χ3v) is 1.40. The summed E-state index contributed by atoms with van der Waals surface area (Å²) < 4.78 is 0. The van der Waals surface area contributed by atoms with Gasteiger partial charge in [0.1, 0.15) is 0 Å². The number of aliphatic hydroxyl groups is 2. The zero-order valence-corrected chi connectivity index (χ0v) is 10.3. The number of aliphatic hydroxyl groups excluding tert-OH is 1. The van der Waals surface area contributed by atoms with Crippen molar-refractivity contribution in [1.29, 1.82) is 0 Å². The fourth-order valence-electron chi connectivity index (χ4n) is 0.625.